The zero-order chi connectivity index (χ0) is 17.4. The summed E-state index contributed by atoms with van der Waals surface area (Å²) in [5.41, 5.74) is 2.21. The normalized spacial score (nSPS) is 11.0. The van der Waals surface area contributed by atoms with E-state index in [-0.39, 0.29) is 16.5 Å². The molecule has 1 N–H and O–H groups in total. The van der Waals surface area contributed by atoms with Crippen LogP contribution in [-0.4, -0.2) is 20.5 Å². The van der Waals surface area contributed by atoms with Crippen molar-refractivity contribution < 1.29 is 9.18 Å². The molecule has 1 aromatic carbocycles. The number of thiazole rings is 1. The molecule has 1 amide bonds. The first kappa shape index (κ1) is 15.7. The van der Waals surface area contributed by atoms with Crippen molar-refractivity contribution in [2.24, 2.45) is 0 Å². The molecule has 3 heterocycles. The molecular formula is C17H10ClFN4OS. The second kappa shape index (κ2) is 6.27. The van der Waals surface area contributed by atoms with E-state index in [2.05, 4.69) is 15.4 Å². The fourth-order valence-corrected chi connectivity index (χ4v) is 3.34. The summed E-state index contributed by atoms with van der Waals surface area (Å²) in [7, 11) is 0. The second-order valence-corrected chi connectivity index (χ2v) is 6.43. The Balaban J connectivity index is 1.58. The Bertz CT molecular complexity index is 1070. The summed E-state index contributed by atoms with van der Waals surface area (Å²) in [5.74, 6) is -0.747. The Kier molecular flexibility index (Phi) is 3.95. The number of nitrogens with zero attached hydrogens (tertiary/aromatic N) is 3. The van der Waals surface area contributed by atoms with Crippen LogP contribution in [0.2, 0.25) is 5.02 Å². The quantitative estimate of drug-likeness (QED) is 0.576. The van der Waals surface area contributed by atoms with Crippen molar-refractivity contribution in [1.82, 2.24) is 14.6 Å². The fourth-order valence-electron chi connectivity index (χ4n) is 2.35. The van der Waals surface area contributed by atoms with Crippen molar-refractivity contribution in [3.05, 3.63) is 70.6 Å². The number of hydrogen-bond acceptors (Lipinski definition) is 4. The minimum Gasteiger partial charge on any atom is -0.296 e. The maximum absolute atomic E-state index is 13.0. The summed E-state index contributed by atoms with van der Waals surface area (Å²) >= 11 is 7.51. The van der Waals surface area contributed by atoms with Gasteiger partial charge in [0.1, 0.15) is 5.82 Å². The lowest BCUT2D eigenvalue weighted by molar-refractivity contribution is 0.102. The summed E-state index contributed by atoms with van der Waals surface area (Å²) in [5, 5.41) is 9.37. The molecule has 0 aliphatic rings. The van der Waals surface area contributed by atoms with Gasteiger partial charge in [-0.3, -0.25) is 10.1 Å². The Morgan fingerprint density at radius 2 is 2.00 bits per heavy atom. The molecule has 3 aromatic heterocycles. The van der Waals surface area contributed by atoms with Gasteiger partial charge in [-0.1, -0.05) is 17.7 Å². The predicted molar refractivity (Wildman–Crippen MR) is 95.7 cm³/mol. The van der Waals surface area contributed by atoms with Gasteiger partial charge in [-0.2, -0.15) is 5.10 Å². The summed E-state index contributed by atoms with van der Waals surface area (Å²) in [6.45, 7) is 0. The molecule has 0 radical (unpaired) electrons. The van der Waals surface area contributed by atoms with Gasteiger partial charge in [-0.05, 0) is 36.4 Å². The van der Waals surface area contributed by atoms with E-state index < -0.39 is 5.91 Å². The number of hydrogen-bond donors (Lipinski definition) is 1. The van der Waals surface area contributed by atoms with Crippen molar-refractivity contribution in [2.75, 3.05) is 5.32 Å². The first-order valence-electron chi connectivity index (χ1n) is 7.27. The number of aromatic nitrogens is 3. The highest BCUT2D eigenvalue weighted by atomic mass is 35.5. The first-order chi connectivity index (χ1) is 12.1. The van der Waals surface area contributed by atoms with Crippen molar-refractivity contribution in [2.45, 2.75) is 0 Å². The van der Waals surface area contributed by atoms with Crippen LogP contribution in [0.25, 0.3) is 16.8 Å². The number of anilines is 1. The van der Waals surface area contributed by atoms with Crippen LogP contribution < -0.4 is 5.32 Å². The van der Waals surface area contributed by atoms with Crippen molar-refractivity contribution in [1.29, 1.82) is 0 Å². The van der Waals surface area contributed by atoms with Crippen LogP contribution in [0.3, 0.4) is 0 Å². The first-order valence-corrected chi connectivity index (χ1v) is 8.53. The maximum atomic E-state index is 13.0. The monoisotopic (exact) mass is 372 g/mol. The van der Waals surface area contributed by atoms with E-state index in [0.29, 0.717) is 16.3 Å². The zero-order valence-corrected chi connectivity index (χ0v) is 14.2. The predicted octanol–water partition coefficient (Wildman–Crippen LogP) is 4.50. The number of carbonyl (C=O) groups excluding carboxylic acids is 1. The van der Waals surface area contributed by atoms with Crippen LogP contribution in [0.1, 0.15) is 10.5 Å². The van der Waals surface area contributed by atoms with Crippen LogP contribution in [-0.2, 0) is 0 Å². The minimum absolute atomic E-state index is 0.131. The molecule has 0 saturated heterocycles. The third-order valence-corrected chi connectivity index (χ3v) is 4.69. The van der Waals surface area contributed by atoms with Gasteiger partial charge in [0.25, 0.3) is 5.91 Å². The van der Waals surface area contributed by atoms with E-state index >= 15 is 0 Å². The van der Waals surface area contributed by atoms with Crippen LogP contribution >= 0.6 is 22.9 Å². The number of carbonyl (C=O) groups is 1. The zero-order valence-electron chi connectivity index (χ0n) is 12.6. The molecule has 0 spiro atoms. The number of nitrogens with one attached hydrogen (secondary N) is 1. The van der Waals surface area contributed by atoms with E-state index in [1.54, 1.807) is 40.4 Å². The van der Waals surface area contributed by atoms with Crippen molar-refractivity contribution in [3.63, 3.8) is 0 Å². The van der Waals surface area contributed by atoms with Gasteiger partial charge in [-0.15, -0.1) is 11.3 Å². The second-order valence-electron chi connectivity index (χ2n) is 5.19. The van der Waals surface area contributed by atoms with Gasteiger partial charge in [-0.25, -0.2) is 13.9 Å². The van der Waals surface area contributed by atoms with Crippen molar-refractivity contribution >= 4 is 39.5 Å². The molecule has 0 atom stereocenters. The largest absolute Gasteiger partial charge is 0.296 e. The number of benzene rings is 1. The third-order valence-electron chi connectivity index (χ3n) is 3.56. The molecule has 0 unspecified atom stereocenters. The highest BCUT2D eigenvalue weighted by Crippen LogP contribution is 2.27. The van der Waals surface area contributed by atoms with Crippen LogP contribution in [0.5, 0.6) is 0 Å². The number of pyridine rings is 1. The van der Waals surface area contributed by atoms with Gasteiger partial charge >= 0.3 is 0 Å². The third kappa shape index (κ3) is 2.99. The Hall–Kier alpha value is -2.77. The fraction of sp³-hybridized carbons (Fsp3) is 0. The van der Waals surface area contributed by atoms with Crippen LogP contribution in [0.15, 0.2) is 54.0 Å². The van der Waals surface area contributed by atoms with Gasteiger partial charge in [0.05, 0.1) is 16.2 Å². The lowest BCUT2D eigenvalue weighted by atomic mass is 10.2. The number of amides is 1. The van der Waals surface area contributed by atoms with Gasteiger partial charge in [0.15, 0.2) is 10.8 Å². The highest BCUT2D eigenvalue weighted by Gasteiger charge is 2.19. The topological polar surface area (TPSA) is 59.3 Å². The molecule has 0 bridgehead atoms. The van der Waals surface area contributed by atoms with E-state index in [1.807, 2.05) is 6.07 Å². The Morgan fingerprint density at radius 1 is 1.20 bits per heavy atom. The molecule has 8 heteroatoms. The SMILES string of the molecule is O=C(Nc1nc(-c2ccc(F)cc2)cs1)c1nn2ccccc2c1Cl. The molecule has 5 nitrogen and oxygen atoms in total. The molecule has 4 rings (SSSR count). The summed E-state index contributed by atoms with van der Waals surface area (Å²) in [6, 6.07) is 11.4. The average Bonchev–Trinajstić information content (AvgIpc) is 3.21. The number of rotatable bonds is 3. The number of halogens is 2. The lowest BCUT2D eigenvalue weighted by Crippen LogP contribution is -2.13. The molecular weight excluding hydrogens is 363 g/mol. The van der Waals surface area contributed by atoms with Crippen LogP contribution in [0, 0.1) is 5.82 Å². The molecule has 0 aliphatic carbocycles. The van der Waals surface area contributed by atoms with Gasteiger partial charge in [0.2, 0.25) is 0 Å². The molecule has 124 valence electrons. The van der Waals surface area contributed by atoms with E-state index in [1.165, 1.54) is 23.5 Å². The Morgan fingerprint density at radius 3 is 2.76 bits per heavy atom. The molecule has 0 saturated carbocycles. The number of fused-ring (bicyclic) bond motifs is 1. The lowest BCUT2D eigenvalue weighted by Gasteiger charge is -1.99. The summed E-state index contributed by atoms with van der Waals surface area (Å²) in [6.07, 6.45) is 1.72. The molecule has 0 aliphatic heterocycles. The summed E-state index contributed by atoms with van der Waals surface area (Å²) in [4.78, 5) is 16.8. The highest BCUT2D eigenvalue weighted by molar-refractivity contribution is 7.14. The molecule has 25 heavy (non-hydrogen) atoms. The maximum Gasteiger partial charge on any atom is 0.279 e. The average molecular weight is 373 g/mol. The minimum atomic E-state index is -0.436. The van der Waals surface area contributed by atoms with Crippen LogP contribution in [0.4, 0.5) is 9.52 Å². The smallest absolute Gasteiger partial charge is 0.279 e. The standard InChI is InChI=1S/C17H10ClFN4OS/c18-14-13-3-1-2-8-23(13)22-15(14)16(24)21-17-20-12(9-25-17)10-4-6-11(19)7-5-10/h1-9H,(H,20,21,24). The molecule has 0 fully saturated rings. The molecule has 4 aromatic rings. The van der Waals surface area contributed by atoms with Crippen molar-refractivity contribution in [3.8, 4) is 11.3 Å². The Labute approximate surface area is 150 Å². The van der Waals surface area contributed by atoms with Gasteiger partial charge in [0, 0.05) is 17.1 Å². The van der Waals surface area contributed by atoms with E-state index in [9.17, 15) is 9.18 Å². The van der Waals surface area contributed by atoms with Gasteiger partial charge < -0.3 is 0 Å². The summed E-state index contributed by atoms with van der Waals surface area (Å²) < 4.78 is 14.5. The van der Waals surface area contributed by atoms with E-state index in [0.717, 1.165) is 5.56 Å². The van der Waals surface area contributed by atoms with E-state index in [4.69, 9.17) is 11.6 Å².